The Hall–Kier alpha value is -17.5. The molecule has 0 spiro atoms. The molecule has 4 aromatic carbocycles. The van der Waals surface area contributed by atoms with Gasteiger partial charge in [0.25, 0.3) is 0 Å². The van der Waals surface area contributed by atoms with Crippen LogP contribution in [0.1, 0.15) is 174 Å². The van der Waals surface area contributed by atoms with Crippen molar-refractivity contribution in [2.45, 2.75) is 187 Å². The molecule has 0 aliphatic carbocycles. The lowest BCUT2D eigenvalue weighted by Gasteiger charge is -2.11. The first-order valence-electron chi connectivity index (χ1n) is 46.0. The van der Waals surface area contributed by atoms with Gasteiger partial charge in [-0.2, -0.15) is 30.6 Å². The molecule has 0 radical (unpaired) electrons. The summed E-state index contributed by atoms with van der Waals surface area (Å²) < 4.78 is 51.5. The van der Waals surface area contributed by atoms with Crippen LogP contribution in [0.5, 0.6) is 0 Å². The summed E-state index contributed by atoms with van der Waals surface area (Å²) in [5.74, 6) is 8.04. The molecule has 14 heterocycles. The van der Waals surface area contributed by atoms with Gasteiger partial charge in [-0.05, 0) is 160 Å². The molecule has 0 fully saturated rings. The van der Waals surface area contributed by atoms with Crippen molar-refractivity contribution in [3.63, 3.8) is 0 Å². The van der Waals surface area contributed by atoms with Gasteiger partial charge in [0.1, 0.15) is 40.3 Å². The van der Waals surface area contributed by atoms with Crippen LogP contribution in [0, 0.1) is 83.1 Å². The third kappa shape index (κ3) is 31.3. The Morgan fingerprint density at radius 3 is 0.986 bits per heavy atom. The quantitative estimate of drug-likeness (QED) is 0.0204. The van der Waals surface area contributed by atoms with Crippen molar-refractivity contribution in [3.8, 4) is 0 Å². The van der Waals surface area contributed by atoms with Crippen LogP contribution in [0.2, 0.25) is 0 Å². The minimum atomic E-state index is -0.221. The van der Waals surface area contributed by atoms with Gasteiger partial charge in [-0.3, -0.25) is 56.9 Å². The summed E-state index contributed by atoms with van der Waals surface area (Å²) in [6, 6.07) is 55.7. The Morgan fingerprint density at radius 1 is 0.324 bits per heavy atom. The van der Waals surface area contributed by atoms with Crippen molar-refractivity contribution in [1.82, 2.24) is 89.6 Å². The highest BCUT2D eigenvalue weighted by atomic mass is 16.5. The molecule has 0 aliphatic heterocycles. The van der Waals surface area contributed by atoms with Gasteiger partial charge in [0.05, 0.1) is 105 Å². The Balaban J connectivity index is 0.000000143. The highest BCUT2D eigenvalue weighted by Crippen LogP contribution is 2.25. The molecular formula is C104H114N24O14. The molecule has 1 unspecified atom stereocenters. The van der Waals surface area contributed by atoms with Crippen molar-refractivity contribution in [3.05, 3.63) is 374 Å². The lowest BCUT2D eigenvalue weighted by molar-refractivity contribution is -0.117. The fourth-order valence-electron chi connectivity index (χ4n) is 14.6. The summed E-state index contributed by atoms with van der Waals surface area (Å²) in [7, 11) is 0. The predicted octanol–water partition coefficient (Wildman–Crippen LogP) is 18.1. The predicted molar refractivity (Wildman–Crippen MR) is 530 cm³/mol. The maximum Gasteiger partial charge on any atom is 0.249 e. The van der Waals surface area contributed by atoms with E-state index in [0.717, 1.165) is 137 Å². The zero-order valence-electron chi connectivity index (χ0n) is 81.3. The fraction of sp³-hybridized carbons (Fsp3) is 0.269. The second kappa shape index (κ2) is 50.6. The van der Waals surface area contributed by atoms with Crippen molar-refractivity contribution in [2.75, 3.05) is 31.9 Å². The molecule has 142 heavy (non-hydrogen) atoms. The van der Waals surface area contributed by atoms with E-state index in [1.807, 2.05) is 224 Å². The molecule has 734 valence electrons. The van der Waals surface area contributed by atoms with Gasteiger partial charge >= 0.3 is 0 Å². The van der Waals surface area contributed by atoms with E-state index in [9.17, 15) is 28.8 Å². The van der Waals surface area contributed by atoms with Crippen LogP contribution in [0.3, 0.4) is 0 Å². The number of rotatable bonds is 34. The Morgan fingerprint density at radius 2 is 0.648 bits per heavy atom. The topological polar surface area (TPSA) is 464 Å². The number of carbonyl (C=O) groups excluding carboxylic acids is 6. The summed E-state index contributed by atoms with van der Waals surface area (Å²) in [5, 5.41) is 66.5. The Kier molecular flexibility index (Phi) is 36.3. The minimum absolute atomic E-state index is 0.0153. The zero-order chi connectivity index (χ0) is 100. The number of nitrogens with one attached hydrogen (secondary N) is 6. The van der Waals surface area contributed by atoms with Crippen LogP contribution in [0.15, 0.2) is 274 Å². The van der Waals surface area contributed by atoms with Gasteiger partial charge in [0.2, 0.25) is 35.4 Å². The lowest BCUT2D eigenvalue weighted by Crippen LogP contribution is -2.15. The molecule has 1 atom stereocenters. The molecule has 6 amide bonds. The van der Waals surface area contributed by atoms with Crippen LogP contribution in [0.25, 0.3) is 6.08 Å². The average molecular weight is 1920 g/mol. The standard InChI is InChI=1S/2C19H22N4O2.C18H20N4O2.C18H18N4O2.2C15H16N4O3/c1-13(16-7-5-4-6-8-16)11-19(24)20-18-9-10-23(21-18)12-17-14(2)22-25-15(17)3;1-14-17(15(2)25-22-14)13-23-12-11-18(21-23)20-19(24)10-6-9-16-7-4-3-5-8-16;2*1-13-16(14(2)24-21-13)12-22-11-10-17(20-22)19-18(23)9-8-15-6-4-3-5-7-15;1-10-13(11(2)22-18-10)8-19-5-3-14(17-19)16-15(20)7-12-4-6-21-9-12;1-10-13(11(2)22-18-10)9-19-6-5-14(17-19)16-15(20)8-12-4-3-7-21-12/h4-10,13H,11-12H2,1-3H3,(H,20,21,24);3-5,7-8,11-12H,6,9-10,13H2,1-2H3,(H,20,21,24);3-7,10-11H,8-9,12H2,1-2H3,(H,19,20,23);3-11H,12H2,1-2H3,(H,19,20,23);3-6,9H,7-8H2,1-2H3,(H,16,17,20);3-7H,8-9H2,1-2H3,(H,16,17,20)/b;;;9-8+;;. The zero-order valence-corrected chi connectivity index (χ0v) is 81.3. The second-order valence-electron chi connectivity index (χ2n) is 33.6. The van der Waals surface area contributed by atoms with Crippen LogP contribution in [0.4, 0.5) is 34.9 Å². The van der Waals surface area contributed by atoms with Gasteiger partial charge in [-0.25, -0.2) is 0 Å². The van der Waals surface area contributed by atoms with E-state index in [0.29, 0.717) is 106 Å². The van der Waals surface area contributed by atoms with E-state index < -0.39 is 0 Å². The normalized spacial score (nSPS) is 11.1. The third-order valence-electron chi connectivity index (χ3n) is 22.6. The average Bonchev–Trinajstić information content (AvgIpc) is 1.72. The summed E-state index contributed by atoms with van der Waals surface area (Å²) in [5.41, 5.74) is 16.5. The van der Waals surface area contributed by atoms with E-state index in [2.05, 4.69) is 106 Å². The number of anilines is 6. The van der Waals surface area contributed by atoms with Crippen LogP contribution < -0.4 is 31.9 Å². The molecular weight excluding hydrogens is 1810 g/mol. The number of hydrogen-bond acceptors (Lipinski definition) is 26. The second-order valence-corrected chi connectivity index (χ2v) is 33.6. The van der Waals surface area contributed by atoms with Gasteiger partial charge in [0.15, 0.2) is 34.9 Å². The van der Waals surface area contributed by atoms with E-state index in [-0.39, 0.29) is 54.2 Å². The molecule has 18 aromatic rings. The highest BCUT2D eigenvalue weighted by Gasteiger charge is 2.21. The van der Waals surface area contributed by atoms with Crippen molar-refractivity contribution in [2.24, 2.45) is 0 Å². The molecule has 0 saturated carbocycles. The van der Waals surface area contributed by atoms with E-state index in [1.54, 1.807) is 120 Å². The maximum atomic E-state index is 12.2. The molecule has 6 N–H and O–H groups in total. The number of hydrogen-bond donors (Lipinski definition) is 6. The van der Waals surface area contributed by atoms with Crippen molar-refractivity contribution < 1.29 is 64.7 Å². The van der Waals surface area contributed by atoms with E-state index >= 15 is 0 Å². The number of aryl methyl sites for hydroxylation is 14. The molecule has 0 aliphatic rings. The minimum Gasteiger partial charge on any atom is -0.472 e. The molecule has 38 heteroatoms. The summed E-state index contributed by atoms with van der Waals surface area (Å²) in [6.45, 7) is 28.1. The number of amides is 6. The molecule has 38 nitrogen and oxygen atoms in total. The van der Waals surface area contributed by atoms with E-state index in [4.69, 9.17) is 36.0 Å². The van der Waals surface area contributed by atoms with Gasteiger partial charge in [0, 0.05) is 132 Å². The fourth-order valence-corrected chi connectivity index (χ4v) is 14.6. The summed E-state index contributed by atoms with van der Waals surface area (Å²) in [6.07, 6.45) is 23.0. The number of aromatic nitrogens is 18. The first-order valence-corrected chi connectivity index (χ1v) is 46.0. The summed E-state index contributed by atoms with van der Waals surface area (Å²) in [4.78, 5) is 72.0. The summed E-state index contributed by atoms with van der Waals surface area (Å²) >= 11 is 0. The molecule has 0 saturated heterocycles. The maximum absolute atomic E-state index is 12.2. The number of nitrogens with zero attached hydrogens (tertiary/aromatic N) is 18. The van der Waals surface area contributed by atoms with Crippen LogP contribution >= 0.6 is 0 Å². The van der Waals surface area contributed by atoms with Gasteiger partial charge < -0.3 is 67.9 Å². The molecule has 14 aromatic heterocycles. The van der Waals surface area contributed by atoms with Gasteiger partial charge in [-0.1, -0.05) is 159 Å². The highest BCUT2D eigenvalue weighted by molar-refractivity contribution is 6.01. The SMILES string of the molecule is Cc1noc(C)c1Cn1ccc(NC(=O)/C=C/c2ccccc2)n1.Cc1noc(C)c1Cn1ccc(NC(=O)CC(C)c2ccccc2)n1.Cc1noc(C)c1Cn1ccc(NC(=O)CCCc2ccccc2)n1.Cc1noc(C)c1Cn1ccc(NC(=O)CCc2ccccc2)n1.Cc1noc(C)c1Cn1ccc(NC(=O)Cc2ccco2)n1.Cc1noc(C)c1Cn1ccc(NC(=O)Cc2ccoc2)n1. The smallest absolute Gasteiger partial charge is 0.249 e. The van der Waals surface area contributed by atoms with E-state index in [1.165, 1.54) is 11.6 Å². The number of furan rings is 2. The lowest BCUT2D eigenvalue weighted by atomic mass is 9.98. The first kappa shape index (κ1) is 102. The number of benzene rings is 4. The van der Waals surface area contributed by atoms with Gasteiger partial charge in [-0.15, -0.1) is 0 Å². The monoisotopic (exact) mass is 1920 g/mol. The van der Waals surface area contributed by atoms with Crippen LogP contribution in [-0.4, -0.2) is 125 Å². The van der Waals surface area contributed by atoms with Crippen molar-refractivity contribution >= 4 is 76.4 Å². The Labute approximate surface area is 818 Å². The van der Waals surface area contributed by atoms with Crippen molar-refractivity contribution in [1.29, 1.82) is 0 Å². The Bertz CT molecular complexity index is 6830. The molecule has 18 rings (SSSR count). The van der Waals surface area contributed by atoms with Crippen LogP contribution in [-0.2, 0) is 93.7 Å². The molecule has 0 bridgehead atoms. The largest absolute Gasteiger partial charge is 0.472 e. The first-order chi connectivity index (χ1) is 68.6. The third-order valence-corrected chi connectivity index (χ3v) is 22.6. The number of carbonyl (C=O) groups is 6.